The lowest BCUT2D eigenvalue weighted by molar-refractivity contribution is -0.119. The minimum atomic E-state index is 0.107. The van der Waals surface area contributed by atoms with Crippen molar-refractivity contribution >= 4 is 5.78 Å². The van der Waals surface area contributed by atoms with Crippen molar-refractivity contribution in [3.05, 3.63) is 35.9 Å². The van der Waals surface area contributed by atoms with Gasteiger partial charge in [-0.3, -0.25) is 9.69 Å². The number of nitrogens with zero attached hydrogens (tertiary/aromatic N) is 1. The SMILES string of the molecule is C[C@H]1C(=O)CCN1Cc1ccccc1. The van der Waals surface area contributed by atoms with Crippen LogP contribution in [0.5, 0.6) is 0 Å². The Balaban J connectivity index is 2.02. The lowest BCUT2D eigenvalue weighted by Crippen LogP contribution is -2.29. The summed E-state index contributed by atoms with van der Waals surface area (Å²) < 4.78 is 0. The predicted octanol–water partition coefficient (Wildman–Crippen LogP) is 1.85. The Morgan fingerprint density at radius 3 is 2.64 bits per heavy atom. The van der Waals surface area contributed by atoms with Crippen LogP contribution in [0.3, 0.4) is 0 Å². The van der Waals surface area contributed by atoms with Gasteiger partial charge in [-0.25, -0.2) is 0 Å². The second-order valence-corrected chi connectivity index (χ2v) is 3.85. The molecule has 0 N–H and O–H groups in total. The fourth-order valence-electron chi connectivity index (χ4n) is 1.89. The number of benzene rings is 1. The van der Waals surface area contributed by atoms with E-state index in [4.69, 9.17) is 0 Å². The summed E-state index contributed by atoms with van der Waals surface area (Å²) in [6.07, 6.45) is 0.716. The summed E-state index contributed by atoms with van der Waals surface area (Å²) >= 11 is 0. The molecule has 2 rings (SSSR count). The molecule has 1 aliphatic heterocycles. The number of hydrogen-bond acceptors (Lipinski definition) is 2. The van der Waals surface area contributed by atoms with E-state index in [1.807, 2.05) is 25.1 Å². The van der Waals surface area contributed by atoms with Crippen LogP contribution in [0.25, 0.3) is 0 Å². The number of hydrogen-bond donors (Lipinski definition) is 0. The molecule has 0 unspecified atom stereocenters. The maximum atomic E-state index is 11.3. The minimum Gasteiger partial charge on any atom is -0.298 e. The number of rotatable bonds is 2. The van der Waals surface area contributed by atoms with Gasteiger partial charge in [-0.05, 0) is 12.5 Å². The molecule has 0 spiro atoms. The second-order valence-electron chi connectivity index (χ2n) is 3.85. The molecule has 2 heteroatoms. The van der Waals surface area contributed by atoms with E-state index in [0.717, 1.165) is 13.1 Å². The summed E-state index contributed by atoms with van der Waals surface area (Å²) in [5, 5.41) is 0. The standard InChI is InChI=1S/C12H15NO/c1-10-12(14)7-8-13(10)9-11-5-3-2-4-6-11/h2-6,10H,7-9H2,1H3/t10-/m0/s1. The van der Waals surface area contributed by atoms with E-state index in [-0.39, 0.29) is 6.04 Å². The first kappa shape index (κ1) is 9.41. The Bertz CT molecular complexity index is 320. The maximum absolute atomic E-state index is 11.3. The molecule has 1 atom stereocenters. The summed E-state index contributed by atoms with van der Waals surface area (Å²) in [6.45, 7) is 3.81. The second kappa shape index (κ2) is 3.93. The van der Waals surface area contributed by atoms with Crippen LogP contribution in [0.4, 0.5) is 0 Å². The van der Waals surface area contributed by atoms with Gasteiger partial charge in [-0.1, -0.05) is 30.3 Å². The largest absolute Gasteiger partial charge is 0.298 e. The summed E-state index contributed by atoms with van der Waals surface area (Å²) in [5.74, 6) is 0.376. The molecule has 74 valence electrons. The molecule has 0 saturated carbocycles. The molecule has 1 aromatic carbocycles. The van der Waals surface area contributed by atoms with Crippen molar-refractivity contribution in [3.8, 4) is 0 Å². The monoisotopic (exact) mass is 189 g/mol. The molecule has 2 nitrogen and oxygen atoms in total. The van der Waals surface area contributed by atoms with Gasteiger partial charge in [0.2, 0.25) is 0 Å². The smallest absolute Gasteiger partial charge is 0.150 e. The summed E-state index contributed by atoms with van der Waals surface area (Å²) in [4.78, 5) is 13.6. The first-order chi connectivity index (χ1) is 6.77. The topological polar surface area (TPSA) is 20.3 Å². The van der Waals surface area contributed by atoms with Crippen molar-refractivity contribution < 1.29 is 4.79 Å². The average molecular weight is 189 g/mol. The maximum Gasteiger partial charge on any atom is 0.150 e. The van der Waals surface area contributed by atoms with Crippen LogP contribution < -0.4 is 0 Å². The summed E-state index contributed by atoms with van der Waals surface area (Å²) in [7, 11) is 0. The summed E-state index contributed by atoms with van der Waals surface area (Å²) in [5.41, 5.74) is 1.29. The van der Waals surface area contributed by atoms with Crippen molar-refractivity contribution in [2.45, 2.75) is 25.9 Å². The molecular weight excluding hydrogens is 174 g/mol. The molecule has 1 saturated heterocycles. The number of Topliss-reactive ketones (excluding diaryl/α,β-unsaturated/α-hetero) is 1. The fraction of sp³-hybridized carbons (Fsp3) is 0.417. The van der Waals surface area contributed by atoms with E-state index in [2.05, 4.69) is 17.0 Å². The number of ketones is 1. The Labute approximate surface area is 84.5 Å². The van der Waals surface area contributed by atoms with Crippen molar-refractivity contribution in [1.29, 1.82) is 0 Å². The molecule has 1 fully saturated rings. The van der Waals surface area contributed by atoms with Gasteiger partial charge in [-0.15, -0.1) is 0 Å². The van der Waals surface area contributed by atoms with Crippen molar-refractivity contribution in [3.63, 3.8) is 0 Å². The molecule has 1 aromatic rings. The predicted molar refractivity (Wildman–Crippen MR) is 55.9 cm³/mol. The van der Waals surface area contributed by atoms with E-state index in [1.165, 1.54) is 5.56 Å². The van der Waals surface area contributed by atoms with Crippen LogP contribution in [0.2, 0.25) is 0 Å². The van der Waals surface area contributed by atoms with Gasteiger partial charge in [0.05, 0.1) is 6.04 Å². The highest BCUT2D eigenvalue weighted by molar-refractivity contribution is 5.85. The zero-order valence-electron chi connectivity index (χ0n) is 8.44. The average Bonchev–Trinajstić information content (AvgIpc) is 2.52. The molecule has 0 aliphatic carbocycles. The summed E-state index contributed by atoms with van der Waals surface area (Å²) in [6, 6.07) is 10.4. The Hall–Kier alpha value is -1.15. The molecule has 14 heavy (non-hydrogen) atoms. The van der Waals surface area contributed by atoms with Gasteiger partial charge in [-0.2, -0.15) is 0 Å². The van der Waals surface area contributed by atoms with E-state index < -0.39 is 0 Å². The van der Waals surface area contributed by atoms with E-state index in [1.54, 1.807) is 0 Å². The van der Waals surface area contributed by atoms with Crippen LogP contribution >= 0.6 is 0 Å². The van der Waals surface area contributed by atoms with Crippen molar-refractivity contribution in [2.24, 2.45) is 0 Å². The lowest BCUT2D eigenvalue weighted by Gasteiger charge is -2.19. The number of likely N-dealkylation sites (tertiary alicyclic amines) is 1. The van der Waals surface area contributed by atoms with Crippen LogP contribution in [0.1, 0.15) is 18.9 Å². The highest BCUT2D eigenvalue weighted by atomic mass is 16.1. The van der Waals surface area contributed by atoms with Gasteiger partial charge >= 0.3 is 0 Å². The van der Waals surface area contributed by atoms with Crippen LogP contribution in [0, 0.1) is 0 Å². The lowest BCUT2D eigenvalue weighted by atomic mass is 10.2. The molecular formula is C12H15NO. The normalized spacial score (nSPS) is 22.9. The van der Waals surface area contributed by atoms with Crippen LogP contribution in [0.15, 0.2) is 30.3 Å². The Morgan fingerprint density at radius 1 is 1.36 bits per heavy atom. The molecule has 0 bridgehead atoms. The molecule has 0 amide bonds. The zero-order valence-corrected chi connectivity index (χ0v) is 8.44. The molecule has 0 aromatic heterocycles. The van der Waals surface area contributed by atoms with Gasteiger partial charge in [0.25, 0.3) is 0 Å². The van der Waals surface area contributed by atoms with E-state index in [9.17, 15) is 4.79 Å². The highest BCUT2D eigenvalue weighted by Gasteiger charge is 2.27. The third-order valence-corrected chi connectivity index (χ3v) is 2.89. The Kier molecular flexibility index (Phi) is 2.64. The number of carbonyl (C=O) groups excluding carboxylic acids is 1. The van der Waals surface area contributed by atoms with E-state index in [0.29, 0.717) is 12.2 Å². The Morgan fingerprint density at radius 2 is 2.07 bits per heavy atom. The molecule has 1 aliphatic rings. The first-order valence-electron chi connectivity index (χ1n) is 5.08. The quantitative estimate of drug-likeness (QED) is 0.707. The highest BCUT2D eigenvalue weighted by Crippen LogP contribution is 2.16. The van der Waals surface area contributed by atoms with Crippen LogP contribution in [-0.2, 0) is 11.3 Å². The van der Waals surface area contributed by atoms with Gasteiger partial charge in [0, 0.05) is 19.5 Å². The zero-order chi connectivity index (χ0) is 9.97. The van der Waals surface area contributed by atoms with Gasteiger partial charge in [0.1, 0.15) is 0 Å². The van der Waals surface area contributed by atoms with Gasteiger partial charge < -0.3 is 0 Å². The van der Waals surface area contributed by atoms with Crippen molar-refractivity contribution in [1.82, 2.24) is 4.90 Å². The molecule has 1 heterocycles. The van der Waals surface area contributed by atoms with E-state index >= 15 is 0 Å². The third kappa shape index (κ3) is 1.85. The van der Waals surface area contributed by atoms with Crippen molar-refractivity contribution in [2.75, 3.05) is 6.54 Å². The molecule has 0 radical (unpaired) electrons. The fourth-order valence-corrected chi connectivity index (χ4v) is 1.89. The minimum absolute atomic E-state index is 0.107. The number of carbonyl (C=O) groups is 1. The third-order valence-electron chi connectivity index (χ3n) is 2.89. The van der Waals surface area contributed by atoms with Crippen LogP contribution in [-0.4, -0.2) is 23.3 Å². The first-order valence-corrected chi connectivity index (χ1v) is 5.08. The van der Waals surface area contributed by atoms with Gasteiger partial charge in [0.15, 0.2) is 5.78 Å².